The molecule has 0 radical (unpaired) electrons. The lowest BCUT2D eigenvalue weighted by Gasteiger charge is -2.18. The van der Waals surface area contributed by atoms with E-state index in [1.54, 1.807) is 0 Å². The van der Waals surface area contributed by atoms with Gasteiger partial charge in [0.05, 0.1) is 13.2 Å². The second-order valence-electron chi connectivity index (χ2n) is 8.16. The highest BCUT2D eigenvalue weighted by Gasteiger charge is 2.12. The molecule has 2 nitrogen and oxygen atoms in total. The summed E-state index contributed by atoms with van der Waals surface area (Å²) in [6, 6.07) is 8.70. The molecule has 2 heteroatoms. The van der Waals surface area contributed by atoms with Crippen molar-refractivity contribution < 1.29 is 9.47 Å². The first kappa shape index (κ1) is 23.7. The molecule has 152 valence electrons. The molecule has 1 aromatic rings. The Morgan fingerprint density at radius 1 is 0.741 bits per heavy atom. The third kappa shape index (κ3) is 12.7. The van der Waals surface area contributed by atoms with Gasteiger partial charge in [-0.05, 0) is 42.9 Å². The molecule has 0 unspecified atom stereocenters. The van der Waals surface area contributed by atoms with Crippen molar-refractivity contribution in [3.05, 3.63) is 35.4 Å². The summed E-state index contributed by atoms with van der Waals surface area (Å²) in [7, 11) is 0. The zero-order valence-corrected chi connectivity index (χ0v) is 18.1. The highest BCUT2D eigenvalue weighted by atomic mass is 16.5. The molecule has 0 amide bonds. The number of hydrogen-bond donors (Lipinski definition) is 0. The first-order chi connectivity index (χ1) is 13.0. The Morgan fingerprint density at radius 3 is 1.96 bits per heavy atom. The van der Waals surface area contributed by atoms with Crippen LogP contribution in [-0.4, -0.2) is 26.4 Å². The minimum Gasteiger partial charge on any atom is -0.379 e. The van der Waals surface area contributed by atoms with Crippen LogP contribution >= 0.6 is 0 Å². The lowest BCUT2D eigenvalue weighted by atomic mass is 9.87. The average Bonchev–Trinajstić information content (AvgIpc) is 2.64. The molecule has 1 rings (SSSR count). The summed E-state index contributed by atoms with van der Waals surface area (Å²) in [4.78, 5) is 0. The van der Waals surface area contributed by atoms with E-state index in [0.29, 0.717) is 0 Å². The maximum atomic E-state index is 5.53. The van der Waals surface area contributed by atoms with Crippen molar-refractivity contribution >= 4 is 0 Å². The van der Waals surface area contributed by atoms with Gasteiger partial charge in [0.1, 0.15) is 0 Å². The molecule has 0 fully saturated rings. The van der Waals surface area contributed by atoms with Crippen LogP contribution in [0.1, 0.15) is 90.2 Å². The molecule has 0 saturated heterocycles. The predicted octanol–water partition coefficient (Wildman–Crippen LogP) is 6.51. The molecule has 0 aliphatic heterocycles. The summed E-state index contributed by atoms with van der Waals surface area (Å²) in [5.41, 5.74) is 2.71. The molecule has 0 heterocycles. The molecule has 27 heavy (non-hydrogen) atoms. The third-order valence-corrected chi connectivity index (χ3v) is 4.65. The fraction of sp³-hybridized carbons (Fsp3) is 0.680. The Kier molecular flexibility index (Phi) is 12.9. The molecular formula is C25H40O2. The Morgan fingerprint density at radius 2 is 1.33 bits per heavy atom. The fourth-order valence-corrected chi connectivity index (χ4v) is 2.88. The molecular weight excluding hydrogens is 332 g/mol. The maximum Gasteiger partial charge on any atom is 0.0700 e. The van der Waals surface area contributed by atoms with Crippen molar-refractivity contribution in [3.8, 4) is 11.8 Å². The topological polar surface area (TPSA) is 18.5 Å². The van der Waals surface area contributed by atoms with Crippen LogP contribution in [0.4, 0.5) is 0 Å². The van der Waals surface area contributed by atoms with Crippen molar-refractivity contribution in [3.63, 3.8) is 0 Å². The Labute approximate surface area is 168 Å². The zero-order chi connectivity index (χ0) is 19.8. The van der Waals surface area contributed by atoms with E-state index in [1.807, 2.05) is 6.92 Å². The van der Waals surface area contributed by atoms with Gasteiger partial charge in [0.2, 0.25) is 0 Å². The predicted molar refractivity (Wildman–Crippen MR) is 116 cm³/mol. The minimum absolute atomic E-state index is 0.211. The second-order valence-corrected chi connectivity index (χ2v) is 8.16. The zero-order valence-electron chi connectivity index (χ0n) is 18.1. The van der Waals surface area contributed by atoms with Gasteiger partial charge in [-0.25, -0.2) is 0 Å². The SMILES string of the molecule is CCOCCOCCCCCCCCCC#Cc1ccc(C(C)(C)C)cc1. The van der Waals surface area contributed by atoms with Crippen molar-refractivity contribution in [1.82, 2.24) is 0 Å². The average molecular weight is 373 g/mol. The van der Waals surface area contributed by atoms with E-state index < -0.39 is 0 Å². The lowest BCUT2D eigenvalue weighted by molar-refractivity contribution is 0.0512. The second kappa shape index (κ2) is 14.7. The smallest absolute Gasteiger partial charge is 0.0700 e. The maximum absolute atomic E-state index is 5.53. The van der Waals surface area contributed by atoms with E-state index >= 15 is 0 Å². The standard InChI is InChI=1S/C25H40O2/c1-5-26-21-22-27-20-14-12-10-8-6-7-9-11-13-15-23-16-18-24(19-17-23)25(2,3)4/h16-19H,5-12,14,20-22H2,1-4H3. The van der Waals surface area contributed by atoms with E-state index in [1.165, 1.54) is 50.5 Å². The van der Waals surface area contributed by atoms with Crippen LogP contribution in [0, 0.1) is 11.8 Å². The summed E-state index contributed by atoms with van der Waals surface area (Å²) in [5.74, 6) is 6.62. The summed E-state index contributed by atoms with van der Waals surface area (Å²) in [6.45, 7) is 11.8. The van der Waals surface area contributed by atoms with Gasteiger partial charge in [-0.2, -0.15) is 0 Å². The molecule has 0 aromatic heterocycles. The Balaban J connectivity index is 1.96. The summed E-state index contributed by atoms with van der Waals surface area (Å²) in [5, 5.41) is 0. The molecule has 0 aliphatic carbocycles. The first-order valence-electron chi connectivity index (χ1n) is 10.8. The summed E-state index contributed by atoms with van der Waals surface area (Å²) in [6.07, 6.45) is 9.95. The minimum atomic E-state index is 0.211. The Bertz CT molecular complexity index is 528. The van der Waals surface area contributed by atoms with Gasteiger partial charge >= 0.3 is 0 Å². The quantitative estimate of drug-likeness (QED) is 0.290. The molecule has 0 saturated carbocycles. The summed E-state index contributed by atoms with van der Waals surface area (Å²) < 4.78 is 10.8. The molecule has 0 aliphatic rings. The number of benzene rings is 1. The van der Waals surface area contributed by atoms with E-state index in [4.69, 9.17) is 9.47 Å². The van der Waals surface area contributed by atoms with Gasteiger partial charge in [-0.1, -0.05) is 76.8 Å². The molecule has 0 spiro atoms. The van der Waals surface area contributed by atoms with E-state index in [0.717, 1.165) is 38.4 Å². The third-order valence-electron chi connectivity index (χ3n) is 4.65. The van der Waals surface area contributed by atoms with E-state index in [9.17, 15) is 0 Å². The van der Waals surface area contributed by atoms with Crippen LogP contribution < -0.4 is 0 Å². The van der Waals surface area contributed by atoms with E-state index in [2.05, 4.69) is 56.9 Å². The van der Waals surface area contributed by atoms with Gasteiger partial charge < -0.3 is 9.47 Å². The normalized spacial score (nSPS) is 11.3. The van der Waals surface area contributed by atoms with Gasteiger partial charge in [0.15, 0.2) is 0 Å². The van der Waals surface area contributed by atoms with Crippen LogP contribution in [-0.2, 0) is 14.9 Å². The van der Waals surface area contributed by atoms with Gasteiger partial charge in [0.25, 0.3) is 0 Å². The van der Waals surface area contributed by atoms with Crippen molar-refractivity contribution in [2.45, 2.75) is 84.5 Å². The molecule has 0 N–H and O–H groups in total. The van der Waals surface area contributed by atoms with Crippen LogP contribution in [0.5, 0.6) is 0 Å². The van der Waals surface area contributed by atoms with Crippen LogP contribution in [0.2, 0.25) is 0 Å². The molecule has 1 aromatic carbocycles. The molecule has 0 atom stereocenters. The van der Waals surface area contributed by atoms with Crippen molar-refractivity contribution in [1.29, 1.82) is 0 Å². The Hall–Kier alpha value is -1.30. The number of hydrogen-bond acceptors (Lipinski definition) is 2. The number of unbranched alkanes of at least 4 members (excludes halogenated alkanes) is 7. The van der Waals surface area contributed by atoms with Gasteiger partial charge in [-0.15, -0.1) is 0 Å². The monoisotopic (exact) mass is 372 g/mol. The number of ether oxygens (including phenoxy) is 2. The van der Waals surface area contributed by atoms with Crippen molar-refractivity contribution in [2.75, 3.05) is 26.4 Å². The highest BCUT2D eigenvalue weighted by Crippen LogP contribution is 2.21. The van der Waals surface area contributed by atoms with Crippen LogP contribution in [0.3, 0.4) is 0 Å². The van der Waals surface area contributed by atoms with Gasteiger partial charge in [-0.3, -0.25) is 0 Å². The van der Waals surface area contributed by atoms with Gasteiger partial charge in [0, 0.05) is 25.2 Å². The number of rotatable bonds is 13. The highest BCUT2D eigenvalue weighted by molar-refractivity contribution is 5.37. The van der Waals surface area contributed by atoms with Crippen LogP contribution in [0.15, 0.2) is 24.3 Å². The summed E-state index contributed by atoms with van der Waals surface area (Å²) >= 11 is 0. The van der Waals surface area contributed by atoms with Crippen molar-refractivity contribution in [2.24, 2.45) is 0 Å². The first-order valence-corrected chi connectivity index (χ1v) is 10.8. The van der Waals surface area contributed by atoms with E-state index in [-0.39, 0.29) is 5.41 Å². The fourth-order valence-electron chi connectivity index (χ4n) is 2.88. The molecule has 0 bridgehead atoms. The lowest BCUT2D eigenvalue weighted by Crippen LogP contribution is -2.10. The largest absolute Gasteiger partial charge is 0.379 e. The van der Waals surface area contributed by atoms with Crippen LogP contribution in [0.25, 0.3) is 0 Å².